The first kappa shape index (κ1) is 15.9. The minimum absolute atomic E-state index is 0.185. The summed E-state index contributed by atoms with van der Waals surface area (Å²) < 4.78 is 13.5. The Morgan fingerprint density at radius 3 is 3.10 bits per heavy atom. The van der Waals surface area contributed by atoms with Crippen molar-refractivity contribution in [2.45, 2.75) is 18.6 Å². The summed E-state index contributed by atoms with van der Waals surface area (Å²) in [7, 11) is 0. The van der Waals surface area contributed by atoms with Crippen LogP contribution in [-0.4, -0.2) is 46.6 Å². The Bertz CT molecular complexity index is 579. The molecular formula is C16H18FNO2S. The maximum atomic E-state index is 13.5. The molecule has 0 saturated carbocycles. The number of halogens is 1. The highest BCUT2D eigenvalue weighted by molar-refractivity contribution is 8.00. The monoisotopic (exact) mass is 307 g/mol. The van der Waals surface area contributed by atoms with E-state index in [2.05, 4.69) is 18.8 Å². The lowest BCUT2D eigenvalue weighted by Crippen LogP contribution is -2.42. The number of benzene rings is 1. The van der Waals surface area contributed by atoms with Crippen molar-refractivity contribution in [3.63, 3.8) is 0 Å². The fraction of sp³-hybridized carbons (Fsp3) is 0.438. The normalized spacial score (nSPS) is 18.0. The number of thioether (sulfide) groups is 1. The van der Waals surface area contributed by atoms with Crippen molar-refractivity contribution in [3.05, 3.63) is 35.1 Å². The van der Waals surface area contributed by atoms with E-state index in [4.69, 9.17) is 5.11 Å². The van der Waals surface area contributed by atoms with Gasteiger partial charge < -0.3 is 10.0 Å². The van der Waals surface area contributed by atoms with E-state index in [0.29, 0.717) is 23.9 Å². The molecule has 3 nitrogen and oxygen atoms in total. The summed E-state index contributed by atoms with van der Waals surface area (Å²) in [5.41, 5.74) is 0.736. The first-order chi connectivity index (χ1) is 10.2. The first-order valence-corrected chi connectivity index (χ1v) is 8.00. The van der Waals surface area contributed by atoms with E-state index in [9.17, 15) is 9.18 Å². The van der Waals surface area contributed by atoms with Crippen LogP contribution in [-0.2, 0) is 0 Å². The number of rotatable bonds is 2. The van der Waals surface area contributed by atoms with Gasteiger partial charge in [-0.2, -0.15) is 11.8 Å². The standard InChI is InChI=1S/C16H18FNO2S/c1-2-14-11-18(7-9-21-14)16(20)15-10-13(17)6-5-12(15)4-3-8-19/h5-6,10,14,19H,2,7-9,11H2,1H3. The fourth-order valence-electron chi connectivity index (χ4n) is 2.26. The Balaban J connectivity index is 2.27. The van der Waals surface area contributed by atoms with Gasteiger partial charge in [0.2, 0.25) is 0 Å². The molecular weight excluding hydrogens is 289 g/mol. The zero-order valence-electron chi connectivity index (χ0n) is 11.9. The molecule has 0 radical (unpaired) electrons. The first-order valence-electron chi connectivity index (χ1n) is 6.95. The predicted octanol–water partition coefficient (Wildman–Crippen LogP) is 2.14. The Hall–Kier alpha value is -1.51. The lowest BCUT2D eigenvalue weighted by Gasteiger charge is -2.32. The Morgan fingerprint density at radius 1 is 1.57 bits per heavy atom. The van der Waals surface area contributed by atoms with Crippen molar-refractivity contribution in [2.24, 2.45) is 0 Å². The molecule has 1 aliphatic heterocycles. The quantitative estimate of drug-likeness (QED) is 0.851. The zero-order chi connectivity index (χ0) is 15.2. The van der Waals surface area contributed by atoms with Gasteiger partial charge >= 0.3 is 0 Å². The van der Waals surface area contributed by atoms with Crippen molar-refractivity contribution >= 4 is 17.7 Å². The van der Waals surface area contributed by atoms with E-state index < -0.39 is 5.82 Å². The van der Waals surface area contributed by atoms with Crippen LogP contribution in [0.15, 0.2) is 18.2 Å². The number of hydrogen-bond acceptors (Lipinski definition) is 3. The highest BCUT2D eigenvalue weighted by Crippen LogP contribution is 2.23. The highest BCUT2D eigenvalue weighted by Gasteiger charge is 2.25. The molecule has 1 atom stereocenters. The molecule has 21 heavy (non-hydrogen) atoms. The lowest BCUT2D eigenvalue weighted by atomic mass is 10.1. The number of amides is 1. The van der Waals surface area contributed by atoms with Gasteiger partial charge in [0, 0.05) is 29.7 Å². The Morgan fingerprint density at radius 2 is 2.38 bits per heavy atom. The van der Waals surface area contributed by atoms with E-state index >= 15 is 0 Å². The molecule has 1 aromatic rings. The van der Waals surface area contributed by atoms with E-state index in [1.54, 1.807) is 4.90 Å². The second-order valence-corrected chi connectivity index (χ2v) is 6.21. The minimum atomic E-state index is -0.452. The molecule has 1 N–H and O–H groups in total. The molecule has 1 aliphatic rings. The second-order valence-electron chi connectivity index (χ2n) is 4.80. The van der Waals surface area contributed by atoms with Gasteiger partial charge in [0.05, 0.1) is 5.56 Å². The van der Waals surface area contributed by atoms with E-state index in [1.807, 2.05) is 11.8 Å². The fourth-order valence-corrected chi connectivity index (χ4v) is 3.44. The van der Waals surface area contributed by atoms with Gasteiger partial charge in [0.1, 0.15) is 12.4 Å². The van der Waals surface area contributed by atoms with Gasteiger partial charge in [0.15, 0.2) is 0 Å². The maximum absolute atomic E-state index is 13.5. The van der Waals surface area contributed by atoms with Gasteiger partial charge in [-0.15, -0.1) is 0 Å². The second kappa shape index (κ2) is 7.48. The molecule has 0 aliphatic carbocycles. The van der Waals surface area contributed by atoms with Crippen LogP contribution in [0.3, 0.4) is 0 Å². The SMILES string of the molecule is CCC1CN(C(=O)c2cc(F)ccc2C#CCO)CCS1. The van der Waals surface area contributed by atoms with Crippen LogP contribution < -0.4 is 0 Å². The van der Waals surface area contributed by atoms with E-state index in [0.717, 1.165) is 12.2 Å². The lowest BCUT2D eigenvalue weighted by molar-refractivity contribution is 0.0760. The number of aliphatic hydroxyl groups is 1. The highest BCUT2D eigenvalue weighted by atomic mass is 32.2. The van der Waals surface area contributed by atoms with Gasteiger partial charge in [-0.05, 0) is 24.6 Å². The molecule has 0 spiro atoms. The van der Waals surface area contributed by atoms with Gasteiger partial charge in [-0.1, -0.05) is 18.8 Å². The van der Waals surface area contributed by atoms with Crippen LogP contribution in [0, 0.1) is 17.7 Å². The van der Waals surface area contributed by atoms with Crippen LogP contribution >= 0.6 is 11.8 Å². The molecule has 0 aromatic heterocycles. The Kier molecular flexibility index (Phi) is 5.66. The van der Waals surface area contributed by atoms with Crippen LogP contribution in [0.2, 0.25) is 0 Å². The molecule has 5 heteroatoms. The van der Waals surface area contributed by atoms with Gasteiger partial charge in [-0.3, -0.25) is 4.79 Å². The summed E-state index contributed by atoms with van der Waals surface area (Å²) in [6, 6.07) is 3.99. The molecule has 2 rings (SSSR count). The number of carbonyl (C=O) groups is 1. The smallest absolute Gasteiger partial charge is 0.255 e. The third-order valence-electron chi connectivity index (χ3n) is 3.40. The summed E-state index contributed by atoms with van der Waals surface area (Å²) >= 11 is 1.87. The summed E-state index contributed by atoms with van der Waals surface area (Å²) in [6.07, 6.45) is 1.01. The third-order valence-corrected chi connectivity index (χ3v) is 4.77. The van der Waals surface area contributed by atoms with Crippen molar-refractivity contribution < 1.29 is 14.3 Å². The topological polar surface area (TPSA) is 40.5 Å². The van der Waals surface area contributed by atoms with Gasteiger partial charge in [0.25, 0.3) is 5.91 Å². The summed E-state index contributed by atoms with van der Waals surface area (Å²) in [4.78, 5) is 14.4. The number of carbonyl (C=O) groups excluding carboxylic acids is 1. The average molecular weight is 307 g/mol. The summed E-state index contributed by atoms with van der Waals surface area (Å²) in [5, 5.41) is 9.21. The number of aliphatic hydroxyl groups excluding tert-OH is 1. The van der Waals surface area contributed by atoms with E-state index in [1.165, 1.54) is 18.2 Å². The Labute approximate surface area is 128 Å². The van der Waals surface area contributed by atoms with E-state index in [-0.39, 0.29) is 18.1 Å². The number of hydrogen-bond donors (Lipinski definition) is 1. The van der Waals surface area contributed by atoms with Crippen LogP contribution in [0.5, 0.6) is 0 Å². The summed E-state index contributed by atoms with van der Waals surface area (Å²) in [5.74, 6) is 5.49. The van der Waals surface area contributed by atoms with Gasteiger partial charge in [-0.25, -0.2) is 4.39 Å². The third kappa shape index (κ3) is 3.99. The molecule has 1 amide bonds. The van der Waals surface area contributed by atoms with Crippen molar-refractivity contribution in [1.29, 1.82) is 0 Å². The molecule has 1 fully saturated rings. The molecule has 1 aromatic carbocycles. The predicted molar refractivity (Wildman–Crippen MR) is 82.8 cm³/mol. The molecule has 112 valence electrons. The minimum Gasteiger partial charge on any atom is -0.384 e. The van der Waals surface area contributed by atoms with Crippen LogP contribution in [0.1, 0.15) is 29.3 Å². The zero-order valence-corrected chi connectivity index (χ0v) is 12.8. The number of nitrogens with zero attached hydrogens (tertiary/aromatic N) is 1. The maximum Gasteiger partial charge on any atom is 0.255 e. The summed E-state index contributed by atoms with van der Waals surface area (Å²) in [6.45, 7) is 3.17. The van der Waals surface area contributed by atoms with Crippen molar-refractivity contribution in [1.82, 2.24) is 4.90 Å². The van der Waals surface area contributed by atoms with Crippen molar-refractivity contribution in [3.8, 4) is 11.8 Å². The van der Waals surface area contributed by atoms with Crippen molar-refractivity contribution in [2.75, 3.05) is 25.4 Å². The molecule has 1 unspecified atom stereocenters. The largest absolute Gasteiger partial charge is 0.384 e. The van der Waals surface area contributed by atoms with Crippen LogP contribution in [0.4, 0.5) is 4.39 Å². The average Bonchev–Trinajstić information content (AvgIpc) is 2.53. The molecule has 1 saturated heterocycles. The molecule has 1 heterocycles. The van der Waals surface area contributed by atoms with Crippen LogP contribution in [0.25, 0.3) is 0 Å². The molecule has 0 bridgehead atoms.